The molecule has 0 unspecified atom stereocenters. The van der Waals surface area contributed by atoms with E-state index in [1.54, 1.807) is 17.2 Å². The summed E-state index contributed by atoms with van der Waals surface area (Å²) in [6, 6.07) is 25.1. The zero-order chi connectivity index (χ0) is 29.3. The lowest BCUT2D eigenvalue weighted by molar-refractivity contribution is 0.262. The van der Waals surface area contributed by atoms with Crippen LogP contribution in [0.15, 0.2) is 91.4 Å². The van der Waals surface area contributed by atoms with Gasteiger partial charge in [0.15, 0.2) is 5.65 Å². The molecular formula is C33H33N7O2. The average molecular weight is 560 g/mol. The molecule has 3 aromatic carbocycles. The van der Waals surface area contributed by atoms with Crippen LogP contribution in [0.4, 0.5) is 16.3 Å². The van der Waals surface area contributed by atoms with Crippen LogP contribution in [-0.4, -0.2) is 37.0 Å². The Balaban J connectivity index is 1.20. The molecule has 0 spiro atoms. The summed E-state index contributed by atoms with van der Waals surface area (Å²) in [6.45, 7) is 9.43. The number of urea groups is 1. The SMILES string of the molecule is Cc1ccc(-n2nc(C(C)(C)C)cc2NC(=O)Nc2ccc(OCCn3cnc4ncccc43)c3ccccc23)cc1. The molecule has 0 saturated heterocycles. The number of nitrogens with zero attached hydrogens (tertiary/aromatic N) is 5. The summed E-state index contributed by atoms with van der Waals surface area (Å²) in [5, 5.41) is 12.6. The van der Waals surface area contributed by atoms with E-state index in [1.807, 2.05) is 90.4 Å². The van der Waals surface area contributed by atoms with E-state index in [2.05, 4.69) is 41.4 Å². The highest BCUT2D eigenvalue weighted by Gasteiger charge is 2.22. The Bertz CT molecular complexity index is 1880. The number of ether oxygens (including phenoxy) is 1. The van der Waals surface area contributed by atoms with E-state index in [9.17, 15) is 4.79 Å². The first-order valence-electron chi connectivity index (χ1n) is 13.9. The number of fused-ring (bicyclic) bond motifs is 2. The number of carbonyl (C=O) groups excluding carboxylic acids is 1. The molecule has 0 aliphatic carbocycles. The molecule has 6 aromatic rings. The molecule has 0 fully saturated rings. The molecule has 2 amide bonds. The molecule has 2 N–H and O–H groups in total. The summed E-state index contributed by atoms with van der Waals surface area (Å²) in [5.41, 5.74) is 5.09. The second-order valence-corrected chi connectivity index (χ2v) is 11.3. The Kier molecular flexibility index (Phi) is 7.08. The zero-order valence-electron chi connectivity index (χ0n) is 24.1. The van der Waals surface area contributed by atoms with Crippen molar-refractivity contribution in [3.63, 3.8) is 0 Å². The van der Waals surface area contributed by atoms with E-state index in [1.165, 1.54) is 0 Å². The lowest BCUT2D eigenvalue weighted by Gasteiger charge is -2.15. The summed E-state index contributed by atoms with van der Waals surface area (Å²) >= 11 is 0. The summed E-state index contributed by atoms with van der Waals surface area (Å²) < 4.78 is 9.99. The molecular weight excluding hydrogens is 526 g/mol. The third kappa shape index (κ3) is 5.54. The number of pyridine rings is 1. The van der Waals surface area contributed by atoms with Crippen molar-refractivity contribution in [3.8, 4) is 11.4 Å². The van der Waals surface area contributed by atoms with Crippen molar-refractivity contribution < 1.29 is 9.53 Å². The largest absolute Gasteiger partial charge is 0.491 e. The Morgan fingerprint density at radius 2 is 1.69 bits per heavy atom. The van der Waals surface area contributed by atoms with Crippen molar-refractivity contribution in [1.82, 2.24) is 24.3 Å². The predicted molar refractivity (Wildman–Crippen MR) is 167 cm³/mol. The molecule has 212 valence electrons. The monoisotopic (exact) mass is 559 g/mol. The molecule has 42 heavy (non-hydrogen) atoms. The molecule has 0 bridgehead atoms. The molecule has 0 saturated carbocycles. The predicted octanol–water partition coefficient (Wildman–Crippen LogP) is 7.10. The van der Waals surface area contributed by atoms with Crippen molar-refractivity contribution >= 4 is 39.5 Å². The fourth-order valence-electron chi connectivity index (χ4n) is 4.83. The molecule has 0 aliphatic rings. The first-order chi connectivity index (χ1) is 20.3. The molecule has 3 aromatic heterocycles. The molecule has 0 aliphatic heterocycles. The number of carbonyl (C=O) groups is 1. The minimum Gasteiger partial charge on any atom is -0.491 e. The zero-order valence-corrected chi connectivity index (χ0v) is 24.1. The molecule has 0 radical (unpaired) electrons. The number of anilines is 2. The Hall–Kier alpha value is -5.18. The van der Waals surface area contributed by atoms with Crippen molar-refractivity contribution in [3.05, 3.63) is 103 Å². The van der Waals surface area contributed by atoms with E-state index in [4.69, 9.17) is 9.84 Å². The molecule has 3 heterocycles. The van der Waals surface area contributed by atoms with Gasteiger partial charge >= 0.3 is 6.03 Å². The highest BCUT2D eigenvalue weighted by Crippen LogP contribution is 2.32. The number of nitrogens with one attached hydrogen (secondary N) is 2. The van der Waals surface area contributed by atoms with Crippen LogP contribution in [0.5, 0.6) is 5.75 Å². The average Bonchev–Trinajstić information content (AvgIpc) is 3.59. The Morgan fingerprint density at radius 1 is 0.905 bits per heavy atom. The smallest absolute Gasteiger partial charge is 0.324 e. The van der Waals surface area contributed by atoms with E-state index < -0.39 is 0 Å². The van der Waals surface area contributed by atoms with Gasteiger partial charge in [-0.3, -0.25) is 5.32 Å². The van der Waals surface area contributed by atoms with Crippen LogP contribution in [0.1, 0.15) is 32.0 Å². The standard InChI is InChI=1S/C33H33N7O2/c1-22-11-13-23(14-12-22)40-30(20-29(38-40)33(2,3)4)37-32(41)36-26-15-16-28(25-9-6-5-8-24(25)26)42-19-18-39-21-35-31-27(39)10-7-17-34-31/h5-17,20-21H,18-19H2,1-4H3,(H2,36,37,41). The Labute approximate surface area is 244 Å². The lowest BCUT2D eigenvalue weighted by atomic mass is 9.92. The number of amides is 2. The molecule has 0 atom stereocenters. The van der Waals surface area contributed by atoms with Gasteiger partial charge < -0.3 is 14.6 Å². The Morgan fingerprint density at radius 3 is 2.48 bits per heavy atom. The molecule has 6 rings (SSSR count). The molecule has 9 nitrogen and oxygen atoms in total. The van der Waals surface area contributed by atoms with Gasteiger partial charge in [0, 0.05) is 28.5 Å². The van der Waals surface area contributed by atoms with Gasteiger partial charge in [-0.25, -0.2) is 19.4 Å². The quantitative estimate of drug-likeness (QED) is 0.217. The van der Waals surface area contributed by atoms with Gasteiger partial charge in [0.2, 0.25) is 0 Å². The number of rotatable bonds is 7. The van der Waals surface area contributed by atoms with Crippen LogP contribution in [0.2, 0.25) is 0 Å². The van der Waals surface area contributed by atoms with Gasteiger partial charge in [-0.15, -0.1) is 0 Å². The van der Waals surface area contributed by atoms with Gasteiger partial charge in [-0.1, -0.05) is 62.7 Å². The summed E-state index contributed by atoms with van der Waals surface area (Å²) in [4.78, 5) is 21.9. The second kappa shape index (κ2) is 11.0. The van der Waals surface area contributed by atoms with Crippen molar-refractivity contribution in [1.29, 1.82) is 0 Å². The normalized spacial score (nSPS) is 11.6. The number of hydrogen-bond acceptors (Lipinski definition) is 5. The number of aryl methyl sites for hydroxylation is 1. The first-order valence-corrected chi connectivity index (χ1v) is 13.9. The number of imidazole rings is 1. The van der Waals surface area contributed by atoms with Gasteiger partial charge in [0.1, 0.15) is 18.2 Å². The number of hydrogen-bond donors (Lipinski definition) is 2. The number of aromatic nitrogens is 5. The van der Waals surface area contributed by atoms with Crippen molar-refractivity contribution in [2.24, 2.45) is 0 Å². The second-order valence-electron chi connectivity index (χ2n) is 11.3. The fourth-order valence-corrected chi connectivity index (χ4v) is 4.83. The van der Waals surface area contributed by atoms with E-state index in [-0.39, 0.29) is 11.4 Å². The minimum atomic E-state index is -0.358. The van der Waals surface area contributed by atoms with Gasteiger partial charge in [-0.05, 0) is 43.3 Å². The summed E-state index contributed by atoms with van der Waals surface area (Å²) in [7, 11) is 0. The van der Waals surface area contributed by atoms with Crippen LogP contribution >= 0.6 is 0 Å². The van der Waals surface area contributed by atoms with Crippen LogP contribution in [-0.2, 0) is 12.0 Å². The highest BCUT2D eigenvalue weighted by molar-refractivity contribution is 6.07. The maximum absolute atomic E-state index is 13.3. The van der Waals surface area contributed by atoms with Crippen molar-refractivity contribution in [2.75, 3.05) is 17.2 Å². The maximum atomic E-state index is 13.3. The fraction of sp³-hybridized carbons (Fsp3) is 0.212. The van der Waals surface area contributed by atoms with E-state index in [0.29, 0.717) is 30.3 Å². The van der Waals surface area contributed by atoms with Gasteiger partial charge in [0.05, 0.1) is 35.5 Å². The van der Waals surface area contributed by atoms with Gasteiger partial charge in [0.25, 0.3) is 0 Å². The van der Waals surface area contributed by atoms with Crippen molar-refractivity contribution in [2.45, 2.75) is 39.7 Å². The maximum Gasteiger partial charge on any atom is 0.324 e. The van der Waals surface area contributed by atoms with Crippen LogP contribution in [0.25, 0.3) is 27.6 Å². The topological polar surface area (TPSA) is 98.9 Å². The van der Waals surface area contributed by atoms with Crippen LogP contribution < -0.4 is 15.4 Å². The third-order valence-electron chi connectivity index (χ3n) is 7.11. The minimum absolute atomic E-state index is 0.184. The van der Waals surface area contributed by atoms with E-state index in [0.717, 1.165) is 39.0 Å². The van der Waals surface area contributed by atoms with Crippen LogP contribution in [0.3, 0.4) is 0 Å². The summed E-state index contributed by atoms with van der Waals surface area (Å²) in [6.07, 6.45) is 3.51. The summed E-state index contributed by atoms with van der Waals surface area (Å²) in [5.74, 6) is 1.33. The van der Waals surface area contributed by atoms with Crippen LogP contribution in [0, 0.1) is 6.92 Å². The number of benzene rings is 3. The lowest BCUT2D eigenvalue weighted by Crippen LogP contribution is -2.21. The third-order valence-corrected chi connectivity index (χ3v) is 7.11. The van der Waals surface area contributed by atoms with Gasteiger partial charge in [-0.2, -0.15) is 5.10 Å². The molecule has 9 heteroatoms. The highest BCUT2D eigenvalue weighted by atomic mass is 16.5. The first kappa shape index (κ1) is 27.0. The van der Waals surface area contributed by atoms with E-state index >= 15 is 0 Å².